The Labute approximate surface area is 128 Å². The van der Waals surface area contributed by atoms with E-state index in [0.29, 0.717) is 17.1 Å². The van der Waals surface area contributed by atoms with Crippen LogP contribution >= 0.6 is 0 Å². The molecule has 3 rings (SSSR count). The van der Waals surface area contributed by atoms with Crippen molar-refractivity contribution in [3.05, 3.63) is 65.7 Å². The van der Waals surface area contributed by atoms with Gasteiger partial charge in [0.05, 0.1) is 12.1 Å². The molecule has 0 unspecified atom stereocenters. The molecule has 110 valence electrons. The molecule has 1 aliphatic rings. The van der Waals surface area contributed by atoms with Gasteiger partial charge in [-0.05, 0) is 30.7 Å². The smallest absolute Gasteiger partial charge is 0.256 e. The van der Waals surface area contributed by atoms with Gasteiger partial charge in [0.1, 0.15) is 5.84 Å². The second-order valence-corrected chi connectivity index (χ2v) is 5.03. The van der Waals surface area contributed by atoms with Gasteiger partial charge in [-0.3, -0.25) is 9.59 Å². The second kappa shape index (κ2) is 5.81. The Morgan fingerprint density at radius 1 is 1.09 bits per heavy atom. The van der Waals surface area contributed by atoms with Crippen molar-refractivity contribution >= 4 is 23.3 Å². The number of amidine groups is 1. The van der Waals surface area contributed by atoms with Crippen LogP contribution in [0.1, 0.15) is 22.3 Å². The molecule has 0 saturated carbocycles. The number of rotatable bonds is 2. The number of para-hydroxylation sites is 1. The van der Waals surface area contributed by atoms with Gasteiger partial charge in [0.15, 0.2) is 0 Å². The number of hydrogen-bond donors (Lipinski definition) is 1. The summed E-state index contributed by atoms with van der Waals surface area (Å²) in [6.07, 6.45) is 0.0898. The fourth-order valence-corrected chi connectivity index (χ4v) is 2.30. The highest BCUT2D eigenvalue weighted by Crippen LogP contribution is 2.19. The van der Waals surface area contributed by atoms with Crippen molar-refractivity contribution in [1.29, 1.82) is 0 Å². The Hall–Kier alpha value is -2.95. The van der Waals surface area contributed by atoms with E-state index in [1.165, 1.54) is 5.01 Å². The summed E-state index contributed by atoms with van der Waals surface area (Å²) >= 11 is 0. The van der Waals surface area contributed by atoms with Gasteiger partial charge in [0.2, 0.25) is 0 Å². The molecule has 5 heteroatoms. The molecule has 0 atom stereocenters. The minimum absolute atomic E-state index is 0.0898. The van der Waals surface area contributed by atoms with Gasteiger partial charge in [-0.25, -0.2) is 0 Å². The normalized spacial score (nSPS) is 14.0. The Balaban J connectivity index is 1.78. The van der Waals surface area contributed by atoms with E-state index in [1.54, 1.807) is 24.3 Å². The number of hydrogen-bond acceptors (Lipinski definition) is 3. The van der Waals surface area contributed by atoms with Crippen molar-refractivity contribution in [3.8, 4) is 0 Å². The summed E-state index contributed by atoms with van der Waals surface area (Å²) in [5, 5.41) is 8.23. The summed E-state index contributed by atoms with van der Waals surface area (Å²) in [5.41, 5.74) is 2.15. The van der Waals surface area contributed by atoms with Gasteiger partial charge in [0.25, 0.3) is 11.8 Å². The van der Waals surface area contributed by atoms with E-state index >= 15 is 0 Å². The molecule has 2 amide bonds. The predicted molar refractivity (Wildman–Crippen MR) is 84.6 cm³/mol. The number of carbonyl (C=O) groups excluding carboxylic acids is 2. The van der Waals surface area contributed by atoms with Gasteiger partial charge < -0.3 is 5.32 Å². The minimum atomic E-state index is -0.250. The third kappa shape index (κ3) is 2.74. The molecule has 1 N–H and O–H groups in total. The van der Waals surface area contributed by atoms with E-state index in [4.69, 9.17) is 0 Å². The number of aryl methyl sites for hydroxylation is 1. The number of carbonyl (C=O) groups is 2. The topological polar surface area (TPSA) is 61.8 Å². The van der Waals surface area contributed by atoms with Crippen LogP contribution in [0.15, 0.2) is 59.7 Å². The lowest BCUT2D eigenvalue weighted by molar-refractivity contribution is -0.116. The fourth-order valence-electron chi connectivity index (χ4n) is 2.30. The summed E-state index contributed by atoms with van der Waals surface area (Å²) in [7, 11) is 0. The van der Waals surface area contributed by atoms with Gasteiger partial charge in [-0.2, -0.15) is 10.1 Å². The highest BCUT2D eigenvalue weighted by atomic mass is 16.2. The molecule has 0 aromatic heterocycles. The van der Waals surface area contributed by atoms with Crippen molar-refractivity contribution in [2.24, 2.45) is 5.10 Å². The van der Waals surface area contributed by atoms with Gasteiger partial charge in [0, 0.05) is 5.56 Å². The second-order valence-electron chi connectivity index (χ2n) is 5.03. The zero-order valence-electron chi connectivity index (χ0n) is 12.1. The fraction of sp³-hybridized carbons (Fsp3) is 0.118. The van der Waals surface area contributed by atoms with E-state index in [0.717, 1.165) is 5.56 Å². The quantitative estimate of drug-likeness (QED) is 0.924. The molecule has 0 fully saturated rings. The average molecular weight is 293 g/mol. The van der Waals surface area contributed by atoms with Crippen LogP contribution in [-0.4, -0.2) is 17.6 Å². The van der Waals surface area contributed by atoms with E-state index in [1.807, 2.05) is 37.3 Å². The number of anilines is 1. The first-order valence-electron chi connectivity index (χ1n) is 6.97. The Bertz CT molecular complexity index is 754. The SMILES string of the molecule is Cc1ccccc1C(=O)NC1=NN(c2ccccc2)C(=O)C1. The number of nitrogens with zero attached hydrogens (tertiary/aromatic N) is 2. The molecule has 2 aromatic carbocycles. The first-order valence-corrected chi connectivity index (χ1v) is 6.97. The van der Waals surface area contributed by atoms with Crippen LogP contribution in [0, 0.1) is 6.92 Å². The van der Waals surface area contributed by atoms with Crippen LogP contribution < -0.4 is 10.3 Å². The summed E-state index contributed by atoms with van der Waals surface area (Å²) in [6, 6.07) is 16.4. The molecule has 22 heavy (non-hydrogen) atoms. The Kier molecular flexibility index (Phi) is 3.70. The van der Waals surface area contributed by atoms with Crippen LogP contribution in [0.3, 0.4) is 0 Å². The Morgan fingerprint density at radius 3 is 2.50 bits per heavy atom. The van der Waals surface area contributed by atoms with Gasteiger partial charge in [-0.1, -0.05) is 36.4 Å². The Morgan fingerprint density at radius 2 is 1.77 bits per heavy atom. The molecule has 0 saturated heterocycles. The van der Waals surface area contributed by atoms with Crippen molar-refractivity contribution in [2.45, 2.75) is 13.3 Å². The first-order chi connectivity index (χ1) is 10.6. The zero-order chi connectivity index (χ0) is 15.5. The molecule has 0 aliphatic carbocycles. The van der Waals surface area contributed by atoms with Crippen molar-refractivity contribution in [1.82, 2.24) is 5.32 Å². The molecule has 2 aromatic rings. The molecule has 1 aliphatic heterocycles. The number of amides is 2. The van der Waals surface area contributed by atoms with Crippen LogP contribution in [0.5, 0.6) is 0 Å². The van der Waals surface area contributed by atoms with E-state index in [9.17, 15) is 9.59 Å². The predicted octanol–water partition coefficient (Wildman–Crippen LogP) is 2.48. The zero-order valence-corrected chi connectivity index (χ0v) is 12.1. The highest BCUT2D eigenvalue weighted by molar-refractivity contribution is 6.18. The summed E-state index contributed by atoms with van der Waals surface area (Å²) in [4.78, 5) is 24.3. The maximum atomic E-state index is 12.2. The molecule has 0 spiro atoms. The van der Waals surface area contributed by atoms with Crippen LogP contribution in [0.4, 0.5) is 5.69 Å². The molecule has 0 bridgehead atoms. The lowest BCUT2D eigenvalue weighted by Crippen LogP contribution is -2.30. The van der Waals surface area contributed by atoms with Crippen molar-refractivity contribution in [2.75, 3.05) is 5.01 Å². The van der Waals surface area contributed by atoms with Crippen molar-refractivity contribution < 1.29 is 9.59 Å². The average Bonchev–Trinajstić information content (AvgIpc) is 2.89. The largest absolute Gasteiger partial charge is 0.308 e. The van der Waals surface area contributed by atoms with Gasteiger partial charge in [-0.15, -0.1) is 0 Å². The van der Waals surface area contributed by atoms with E-state index < -0.39 is 0 Å². The van der Waals surface area contributed by atoms with Crippen molar-refractivity contribution in [3.63, 3.8) is 0 Å². The van der Waals surface area contributed by atoms with E-state index in [2.05, 4.69) is 10.4 Å². The third-order valence-corrected chi connectivity index (χ3v) is 3.42. The standard InChI is InChI=1S/C17H15N3O2/c1-12-7-5-6-10-14(12)17(22)18-15-11-16(21)20(19-15)13-8-3-2-4-9-13/h2-10H,11H2,1H3,(H,18,19,22). The monoisotopic (exact) mass is 293 g/mol. The maximum Gasteiger partial charge on any atom is 0.256 e. The molecule has 5 nitrogen and oxygen atoms in total. The maximum absolute atomic E-state index is 12.2. The van der Waals surface area contributed by atoms with Gasteiger partial charge >= 0.3 is 0 Å². The molecule has 1 heterocycles. The first kappa shape index (κ1) is 14.0. The molecule has 0 radical (unpaired) electrons. The summed E-state index contributed by atoms with van der Waals surface area (Å²) in [6.45, 7) is 1.87. The lowest BCUT2D eigenvalue weighted by atomic mass is 10.1. The van der Waals surface area contributed by atoms with Crippen LogP contribution in [0.2, 0.25) is 0 Å². The number of benzene rings is 2. The molecular weight excluding hydrogens is 278 g/mol. The summed E-state index contributed by atoms with van der Waals surface area (Å²) in [5.74, 6) is -0.0482. The number of hydrazone groups is 1. The molecular formula is C17H15N3O2. The third-order valence-electron chi connectivity index (χ3n) is 3.42. The van der Waals surface area contributed by atoms with Crippen LogP contribution in [-0.2, 0) is 4.79 Å². The number of nitrogens with one attached hydrogen (secondary N) is 1. The van der Waals surface area contributed by atoms with E-state index in [-0.39, 0.29) is 18.2 Å². The van der Waals surface area contributed by atoms with Crippen LogP contribution in [0.25, 0.3) is 0 Å². The minimum Gasteiger partial charge on any atom is -0.308 e. The summed E-state index contributed by atoms with van der Waals surface area (Å²) < 4.78 is 0. The lowest BCUT2D eigenvalue weighted by Gasteiger charge is -2.10. The highest BCUT2D eigenvalue weighted by Gasteiger charge is 2.26.